The number of para-hydroxylation sites is 1. The van der Waals surface area contributed by atoms with Crippen LogP contribution in [0.25, 0.3) is 0 Å². The lowest BCUT2D eigenvalue weighted by Gasteiger charge is -2.17. The number of rotatable bonds is 7. The van der Waals surface area contributed by atoms with Crippen molar-refractivity contribution < 1.29 is 14.3 Å². The van der Waals surface area contributed by atoms with Crippen molar-refractivity contribution in [3.8, 4) is 5.75 Å². The van der Waals surface area contributed by atoms with E-state index in [1.54, 1.807) is 11.8 Å². The Balaban J connectivity index is 1.87. The predicted octanol–water partition coefficient (Wildman–Crippen LogP) is 3.79. The standard InChI is InChI=1S/C17H18O3S/c1-14(18)20-16(12-19-15-8-4-2-5-9-15)13-21-17-10-6-3-7-11-17/h2-11,16H,12-13H2,1H3. The van der Waals surface area contributed by atoms with Gasteiger partial charge in [-0.2, -0.15) is 0 Å². The molecule has 0 radical (unpaired) electrons. The first-order chi connectivity index (χ1) is 10.2. The summed E-state index contributed by atoms with van der Waals surface area (Å²) in [7, 11) is 0. The lowest BCUT2D eigenvalue weighted by molar-refractivity contribution is -0.146. The molecule has 0 fully saturated rings. The monoisotopic (exact) mass is 302 g/mol. The van der Waals surface area contributed by atoms with Gasteiger partial charge in [0, 0.05) is 17.6 Å². The van der Waals surface area contributed by atoms with Gasteiger partial charge >= 0.3 is 5.97 Å². The Labute approximate surface area is 129 Å². The molecule has 0 aliphatic rings. The normalized spacial score (nSPS) is 11.7. The molecule has 0 aliphatic carbocycles. The molecule has 2 aromatic rings. The highest BCUT2D eigenvalue weighted by atomic mass is 32.2. The van der Waals surface area contributed by atoms with E-state index in [2.05, 4.69) is 0 Å². The SMILES string of the molecule is CC(=O)OC(COc1ccccc1)CSc1ccccc1. The van der Waals surface area contributed by atoms with Crippen molar-refractivity contribution in [2.75, 3.05) is 12.4 Å². The van der Waals surface area contributed by atoms with E-state index in [4.69, 9.17) is 9.47 Å². The first-order valence-corrected chi connectivity index (χ1v) is 7.75. The lowest BCUT2D eigenvalue weighted by atomic mass is 10.3. The summed E-state index contributed by atoms with van der Waals surface area (Å²) in [5.41, 5.74) is 0. The first-order valence-electron chi connectivity index (χ1n) is 6.77. The summed E-state index contributed by atoms with van der Waals surface area (Å²) < 4.78 is 11.0. The van der Waals surface area contributed by atoms with Crippen molar-refractivity contribution in [1.29, 1.82) is 0 Å². The summed E-state index contributed by atoms with van der Waals surface area (Å²) in [6.45, 7) is 1.77. The maximum absolute atomic E-state index is 11.2. The molecular formula is C17H18O3S. The van der Waals surface area contributed by atoms with Gasteiger partial charge in [-0.15, -0.1) is 11.8 Å². The van der Waals surface area contributed by atoms with E-state index >= 15 is 0 Å². The number of esters is 1. The third-order valence-electron chi connectivity index (χ3n) is 2.69. The number of carbonyl (C=O) groups excluding carboxylic acids is 1. The van der Waals surface area contributed by atoms with Crippen LogP contribution in [0, 0.1) is 0 Å². The largest absolute Gasteiger partial charge is 0.490 e. The highest BCUT2D eigenvalue weighted by molar-refractivity contribution is 7.99. The van der Waals surface area contributed by atoms with E-state index in [-0.39, 0.29) is 12.1 Å². The number of carbonyl (C=O) groups is 1. The number of ether oxygens (including phenoxy) is 2. The fourth-order valence-electron chi connectivity index (χ4n) is 1.76. The van der Waals surface area contributed by atoms with E-state index in [0.717, 1.165) is 10.6 Å². The van der Waals surface area contributed by atoms with Gasteiger partial charge in [0.15, 0.2) is 0 Å². The average Bonchev–Trinajstić information content (AvgIpc) is 2.51. The van der Waals surface area contributed by atoms with E-state index in [1.807, 2.05) is 60.7 Å². The third-order valence-corrected chi connectivity index (χ3v) is 3.83. The highest BCUT2D eigenvalue weighted by Gasteiger charge is 2.14. The fourth-order valence-corrected chi connectivity index (χ4v) is 2.65. The molecule has 0 spiro atoms. The molecule has 4 heteroatoms. The minimum atomic E-state index is -0.287. The Hall–Kier alpha value is -1.94. The van der Waals surface area contributed by atoms with Gasteiger partial charge in [0.05, 0.1) is 0 Å². The van der Waals surface area contributed by atoms with E-state index in [1.165, 1.54) is 6.92 Å². The van der Waals surface area contributed by atoms with Crippen LogP contribution in [0.3, 0.4) is 0 Å². The summed E-state index contributed by atoms with van der Waals surface area (Å²) in [5.74, 6) is 1.15. The van der Waals surface area contributed by atoms with Crippen molar-refractivity contribution in [1.82, 2.24) is 0 Å². The van der Waals surface area contributed by atoms with Gasteiger partial charge in [0.25, 0.3) is 0 Å². The summed E-state index contributed by atoms with van der Waals surface area (Å²) in [6.07, 6.45) is -0.270. The molecule has 0 saturated carbocycles. The molecule has 0 saturated heterocycles. The quantitative estimate of drug-likeness (QED) is 0.576. The molecule has 2 aromatic carbocycles. The van der Waals surface area contributed by atoms with Crippen LogP contribution in [0.2, 0.25) is 0 Å². The van der Waals surface area contributed by atoms with Gasteiger partial charge in [-0.05, 0) is 24.3 Å². The minimum Gasteiger partial charge on any atom is -0.490 e. The van der Waals surface area contributed by atoms with E-state index in [0.29, 0.717) is 12.4 Å². The molecule has 0 heterocycles. The van der Waals surface area contributed by atoms with Gasteiger partial charge < -0.3 is 9.47 Å². The molecule has 0 aliphatic heterocycles. The Morgan fingerprint density at radius 3 is 2.29 bits per heavy atom. The van der Waals surface area contributed by atoms with Crippen molar-refractivity contribution in [3.05, 3.63) is 60.7 Å². The van der Waals surface area contributed by atoms with Crippen LogP contribution < -0.4 is 4.74 Å². The zero-order valence-electron chi connectivity index (χ0n) is 11.9. The zero-order valence-corrected chi connectivity index (χ0v) is 12.7. The fraction of sp³-hybridized carbons (Fsp3) is 0.235. The van der Waals surface area contributed by atoms with Gasteiger partial charge in [0.2, 0.25) is 0 Å². The number of hydrogen-bond donors (Lipinski definition) is 0. The Bertz CT molecular complexity index is 499. The van der Waals surface area contributed by atoms with Crippen LogP contribution in [0.15, 0.2) is 65.6 Å². The Kier molecular flexibility index (Phi) is 6.16. The number of thioether (sulfide) groups is 1. The molecule has 1 atom stereocenters. The molecule has 1 unspecified atom stereocenters. The van der Waals surface area contributed by atoms with Crippen molar-refractivity contribution in [3.63, 3.8) is 0 Å². The first kappa shape index (κ1) is 15.4. The molecule has 0 bridgehead atoms. The van der Waals surface area contributed by atoms with Gasteiger partial charge in [-0.25, -0.2) is 0 Å². The predicted molar refractivity (Wildman–Crippen MR) is 84.7 cm³/mol. The Morgan fingerprint density at radius 2 is 1.67 bits per heavy atom. The van der Waals surface area contributed by atoms with Crippen LogP contribution in [-0.4, -0.2) is 24.4 Å². The molecule has 21 heavy (non-hydrogen) atoms. The molecule has 0 N–H and O–H groups in total. The van der Waals surface area contributed by atoms with Gasteiger partial charge in [0.1, 0.15) is 18.5 Å². The van der Waals surface area contributed by atoms with Crippen LogP contribution in [0.1, 0.15) is 6.92 Å². The maximum Gasteiger partial charge on any atom is 0.303 e. The second-order valence-corrected chi connectivity index (χ2v) is 5.57. The molecule has 0 amide bonds. The van der Waals surface area contributed by atoms with Crippen molar-refractivity contribution >= 4 is 17.7 Å². The van der Waals surface area contributed by atoms with Crippen LogP contribution in [0.4, 0.5) is 0 Å². The molecule has 110 valence electrons. The highest BCUT2D eigenvalue weighted by Crippen LogP contribution is 2.19. The second-order valence-electron chi connectivity index (χ2n) is 4.48. The van der Waals surface area contributed by atoms with Gasteiger partial charge in [-0.1, -0.05) is 36.4 Å². The molecule has 0 aromatic heterocycles. The lowest BCUT2D eigenvalue weighted by Crippen LogP contribution is -2.26. The van der Waals surface area contributed by atoms with Crippen LogP contribution in [-0.2, 0) is 9.53 Å². The topological polar surface area (TPSA) is 35.5 Å². The van der Waals surface area contributed by atoms with Crippen LogP contribution in [0.5, 0.6) is 5.75 Å². The van der Waals surface area contributed by atoms with Crippen molar-refractivity contribution in [2.24, 2.45) is 0 Å². The summed E-state index contributed by atoms with van der Waals surface area (Å²) >= 11 is 1.65. The van der Waals surface area contributed by atoms with Crippen LogP contribution >= 0.6 is 11.8 Å². The van der Waals surface area contributed by atoms with Gasteiger partial charge in [-0.3, -0.25) is 4.79 Å². The maximum atomic E-state index is 11.2. The smallest absolute Gasteiger partial charge is 0.303 e. The molecule has 3 nitrogen and oxygen atoms in total. The van der Waals surface area contributed by atoms with E-state index in [9.17, 15) is 4.79 Å². The average molecular weight is 302 g/mol. The minimum absolute atomic E-state index is 0.270. The Morgan fingerprint density at radius 1 is 1.05 bits per heavy atom. The number of benzene rings is 2. The molecular weight excluding hydrogens is 284 g/mol. The molecule has 2 rings (SSSR count). The van der Waals surface area contributed by atoms with E-state index < -0.39 is 0 Å². The zero-order chi connectivity index (χ0) is 14.9. The second kappa shape index (κ2) is 8.37. The van der Waals surface area contributed by atoms with Crippen molar-refractivity contribution in [2.45, 2.75) is 17.9 Å². The summed E-state index contributed by atoms with van der Waals surface area (Å²) in [6, 6.07) is 19.6. The number of hydrogen-bond acceptors (Lipinski definition) is 4. The summed E-state index contributed by atoms with van der Waals surface area (Å²) in [5, 5.41) is 0. The summed E-state index contributed by atoms with van der Waals surface area (Å²) in [4.78, 5) is 12.3. The third kappa shape index (κ3) is 5.92.